The molecule has 3 rings (SSSR count). The normalized spacial score (nSPS) is 10.2. The van der Waals surface area contributed by atoms with E-state index in [-0.39, 0.29) is 0 Å². The molecule has 1 heterocycles. The van der Waals surface area contributed by atoms with Crippen LogP contribution in [-0.4, -0.2) is 9.97 Å². The average molecular weight is 350 g/mol. The summed E-state index contributed by atoms with van der Waals surface area (Å²) in [6, 6.07) is 16.8. The molecule has 0 saturated heterocycles. The summed E-state index contributed by atoms with van der Waals surface area (Å²) in [4.78, 5) is 8.82. The minimum absolute atomic E-state index is 0.614. The van der Waals surface area contributed by atoms with Crippen LogP contribution in [0.1, 0.15) is 17.0 Å². The minimum Gasteiger partial charge on any atom is -0.340 e. The summed E-state index contributed by atoms with van der Waals surface area (Å²) in [6.07, 6.45) is 0. The Morgan fingerprint density at radius 2 is 1.60 bits per heavy atom. The molecule has 124 valence electrons. The van der Waals surface area contributed by atoms with Gasteiger partial charge in [0, 0.05) is 22.5 Å². The molecule has 0 bridgehead atoms. The fraction of sp³-hybridized carbons (Fsp3) is 0.105. The molecule has 0 aliphatic rings. The number of halogens is 1. The van der Waals surface area contributed by atoms with Gasteiger partial charge in [-0.1, -0.05) is 17.7 Å². The molecule has 0 atom stereocenters. The maximum atomic E-state index is 8.86. The second-order valence-electron chi connectivity index (χ2n) is 5.58. The van der Waals surface area contributed by atoms with Crippen molar-refractivity contribution in [1.82, 2.24) is 9.97 Å². The number of benzene rings is 2. The maximum absolute atomic E-state index is 8.86. The Balaban J connectivity index is 1.84. The molecule has 0 spiro atoms. The largest absolute Gasteiger partial charge is 0.340 e. The molecule has 0 radical (unpaired) electrons. The smallest absolute Gasteiger partial charge is 0.136 e. The lowest BCUT2D eigenvalue weighted by molar-refractivity contribution is 1.06. The van der Waals surface area contributed by atoms with Gasteiger partial charge in [0.1, 0.15) is 17.5 Å². The van der Waals surface area contributed by atoms with E-state index in [1.807, 2.05) is 50.2 Å². The zero-order valence-corrected chi connectivity index (χ0v) is 14.6. The molecule has 6 heteroatoms. The summed E-state index contributed by atoms with van der Waals surface area (Å²) >= 11 is 6.07. The summed E-state index contributed by atoms with van der Waals surface area (Å²) in [5.41, 5.74) is 3.43. The van der Waals surface area contributed by atoms with Crippen molar-refractivity contribution in [3.05, 3.63) is 70.5 Å². The Hall–Kier alpha value is -3.10. The van der Waals surface area contributed by atoms with E-state index in [9.17, 15) is 0 Å². The molecule has 0 aliphatic heterocycles. The lowest BCUT2D eigenvalue weighted by Crippen LogP contribution is -2.02. The molecule has 5 nitrogen and oxygen atoms in total. The quantitative estimate of drug-likeness (QED) is 0.685. The van der Waals surface area contributed by atoms with Gasteiger partial charge in [0.05, 0.1) is 11.6 Å². The zero-order valence-electron chi connectivity index (χ0n) is 13.8. The Labute approximate surface area is 151 Å². The van der Waals surface area contributed by atoms with Gasteiger partial charge in [-0.05, 0) is 55.8 Å². The number of nitriles is 1. The summed E-state index contributed by atoms with van der Waals surface area (Å²) < 4.78 is 0. The standard InChI is InChI=1S/C19H16ClN5/c1-12-3-6-15(20)9-17(12)25-19-10-18(22-13(2)23-19)24-16-7-4-14(11-21)5-8-16/h3-10H,1-2H3,(H2,22,23,24,25). The van der Waals surface area contributed by atoms with Crippen LogP contribution in [0.4, 0.5) is 23.0 Å². The first-order chi connectivity index (χ1) is 12.0. The van der Waals surface area contributed by atoms with Crippen LogP contribution in [0.3, 0.4) is 0 Å². The molecule has 2 aromatic carbocycles. The van der Waals surface area contributed by atoms with E-state index < -0.39 is 0 Å². The fourth-order valence-corrected chi connectivity index (χ4v) is 2.51. The van der Waals surface area contributed by atoms with Crippen LogP contribution in [0.2, 0.25) is 5.02 Å². The first-order valence-electron chi connectivity index (χ1n) is 7.69. The number of aromatic nitrogens is 2. The number of rotatable bonds is 4. The molecular formula is C19H16ClN5. The number of aryl methyl sites for hydroxylation is 2. The molecular weight excluding hydrogens is 334 g/mol. The summed E-state index contributed by atoms with van der Waals surface area (Å²) in [5.74, 6) is 1.98. The van der Waals surface area contributed by atoms with Crippen molar-refractivity contribution in [2.75, 3.05) is 10.6 Å². The Morgan fingerprint density at radius 3 is 2.28 bits per heavy atom. The summed E-state index contributed by atoms with van der Waals surface area (Å²) in [7, 11) is 0. The molecule has 0 amide bonds. The molecule has 3 aromatic rings. The number of anilines is 4. The van der Waals surface area contributed by atoms with Crippen LogP contribution in [0.5, 0.6) is 0 Å². The van der Waals surface area contributed by atoms with Gasteiger partial charge >= 0.3 is 0 Å². The SMILES string of the molecule is Cc1nc(Nc2ccc(C#N)cc2)cc(Nc2cc(Cl)ccc2C)n1. The molecule has 0 aliphatic carbocycles. The van der Waals surface area contributed by atoms with Crippen molar-refractivity contribution in [2.24, 2.45) is 0 Å². The maximum Gasteiger partial charge on any atom is 0.136 e. The van der Waals surface area contributed by atoms with Crippen LogP contribution in [-0.2, 0) is 0 Å². The van der Waals surface area contributed by atoms with E-state index in [0.29, 0.717) is 28.0 Å². The van der Waals surface area contributed by atoms with Crippen molar-refractivity contribution in [3.8, 4) is 6.07 Å². The van der Waals surface area contributed by atoms with E-state index >= 15 is 0 Å². The highest BCUT2D eigenvalue weighted by molar-refractivity contribution is 6.30. The zero-order chi connectivity index (χ0) is 17.8. The number of hydrogen-bond acceptors (Lipinski definition) is 5. The van der Waals surface area contributed by atoms with Crippen molar-refractivity contribution in [2.45, 2.75) is 13.8 Å². The van der Waals surface area contributed by atoms with E-state index in [1.54, 1.807) is 12.1 Å². The number of hydrogen-bond donors (Lipinski definition) is 2. The van der Waals surface area contributed by atoms with Crippen LogP contribution in [0.25, 0.3) is 0 Å². The average Bonchev–Trinajstić information content (AvgIpc) is 2.58. The summed E-state index contributed by atoms with van der Waals surface area (Å²) in [6.45, 7) is 3.84. The molecule has 25 heavy (non-hydrogen) atoms. The van der Waals surface area contributed by atoms with E-state index in [4.69, 9.17) is 16.9 Å². The van der Waals surface area contributed by atoms with Gasteiger partial charge in [0.25, 0.3) is 0 Å². The lowest BCUT2D eigenvalue weighted by Gasteiger charge is -2.12. The summed E-state index contributed by atoms with van der Waals surface area (Å²) in [5, 5.41) is 16.0. The Morgan fingerprint density at radius 1 is 0.920 bits per heavy atom. The Bertz CT molecular complexity index is 945. The predicted molar refractivity (Wildman–Crippen MR) is 101 cm³/mol. The first-order valence-corrected chi connectivity index (χ1v) is 8.07. The van der Waals surface area contributed by atoms with Gasteiger partial charge < -0.3 is 10.6 Å². The highest BCUT2D eigenvalue weighted by Gasteiger charge is 2.06. The fourth-order valence-electron chi connectivity index (χ4n) is 2.34. The van der Waals surface area contributed by atoms with E-state index in [1.165, 1.54) is 0 Å². The highest BCUT2D eigenvalue weighted by atomic mass is 35.5. The van der Waals surface area contributed by atoms with Gasteiger partial charge in [0.15, 0.2) is 0 Å². The second-order valence-corrected chi connectivity index (χ2v) is 6.02. The second kappa shape index (κ2) is 7.20. The van der Waals surface area contributed by atoms with Gasteiger partial charge in [-0.15, -0.1) is 0 Å². The van der Waals surface area contributed by atoms with Crippen molar-refractivity contribution in [1.29, 1.82) is 5.26 Å². The third kappa shape index (κ3) is 4.25. The van der Waals surface area contributed by atoms with E-state index in [2.05, 4.69) is 26.7 Å². The van der Waals surface area contributed by atoms with Crippen LogP contribution >= 0.6 is 11.6 Å². The predicted octanol–water partition coefficient (Wildman–Crippen LogP) is 5.11. The van der Waals surface area contributed by atoms with Crippen molar-refractivity contribution in [3.63, 3.8) is 0 Å². The first kappa shape index (κ1) is 16.7. The molecule has 0 fully saturated rings. The van der Waals surface area contributed by atoms with Gasteiger partial charge in [0.2, 0.25) is 0 Å². The van der Waals surface area contributed by atoms with Crippen molar-refractivity contribution < 1.29 is 0 Å². The Kier molecular flexibility index (Phi) is 4.82. The topological polar surface area (TPSA) is 73.6 Å². The van der Waals surface area contributed by atoms with Gasteiger partial charge in [-0.2, -0.15) is 5.26 Å². The molecule has 0 saturated carbocycles. The highest BCUT2D eigenvalue weighted by Crippen LogP contribution is 2.25. The van der Waals surface area contributed by atoms with E-state index in [0.717, 1.165) is 16.9 Å². The van der Waals surface area contributed by atoms with Crippen LogP contribution in [0, 0.1) is 25.2 Å². The monoisotopic (exact) mass is 349 g/mol. The minimum atomic E-state index is 0.614. The van der Waals surface area contributed by atoms with Crippen LogP contribution < -0.4 is 10.6 Å². The number of nitrogens with zero attached hydrogens (tertiary/aromatic N) is 3. The van der Waals surface area contributed by atoms with Crippen LogP contribution in [0.15, 0.2) is 48.5 Å². The lowest BCUT2D eigenvalue weighted by atomic mass is 10.2. The van der Waals surface area contributed by atoms with Gasteiger partial charge in [-0.25, -0.2) is 9.97 Å². The number of nitrogens with one attached hydrogen (secondary N) is 2. The van der Waals surface area contributed by atoms with Gasteiger partial charge in [-0.3, -0.25) is 0 Å². The van der Waals surface area contributed by atoms with Crippen molar-refractivity contribution >= 4 is 34.6 Å². The molecule has 0 unspecified atom stereocenters. The molecule has 2 N–H and O–H groups in total. The third-order valence-electron chi connectivity index (χ3n) is 3.59. The molecule has 1 aromatic heterocycles. The third-order valence-corrected chi connectivity index (χ3v) is 3.82.